The second-order valence-corrected chi connectivity index (χ2v) is 6.18. The van der Waals surface area contributed by atoms with E-state index in [4.69, 9.17) is 11.6 Å². The molecule has 0 spiro atoms. The van der Waals surface area contributed by atoms with Crippen LogP contribution in [0.1, 0.15) is 16.7 Å². The Balaban J connectivity index is 1.73. The summed E-state index contributed by atoms with van der Waals surface area (Å²) in [5, 5.41) is 3.70. The summed E-state index contributed by atoms with van der Waals surface area (Å²) in [6, 6.07) is 15.8. The van der Waals surface area contributed by atoms with Gasteiger partial charge < -0.3 is 5.32 Å². The van der Waals surface area contributed by atoms with Crippen molar-refractivity contribution >= 4 is 29.3 Å². The SMILES string of the molecule is Cc1ccccc1CNC(=O)CSCc1ccccc1Cl. The van der Waals surface area contributed by atoms with Crippen molar-refractivity contribution in [3.05, 3.63) is 70.2 Å². The minimum atomic E-state index is 0.0512. The molecular formula is C17H18ClNOS. The first-order valence-electron chi connectivity index (χ1n) is 6.79. The Morgan fingerprint density at radius 3 is 2.48 bits per heavy atom. The van der Waals surface area contributed by atoms with Gasteiger partial charge in [-0.05, 0) is 29.7 Å². The van der Waals surface area contributed by atoms with Gasteiger partial charge in [-0.1, -0.05) is 54.1 Å². The molecule has 0 saturated heterocycles. The highest BCUT2D eigenvalue weighted by Crippen LogP contribution is 2.20. The van der Waals surface area contributed by atoms with Gasteiger partial charge in [-0.15, -0.1) is 11.8 Å². The van der Waals surface area contributed by atoms with Gasteiger partial charge in [0.05, 0.1) is 5.75 Å². The van der Waals surface area contributed by atoms with Crippen LogP contribution in [0.2, 0.25) is 5.02 Å². The first-order chi connectivity index (χ1) is 10.2. The van der Waals surface area contributed by atoms with E-state index in [-0.39, 0.29) is 5.91 Å². The third-order valence-electron chi connectivity index (χ3n) is 3.19. The summed E-state index contributed by atoms with van der Waals surface area (Å²) in [6.45, 7) is 2.63. The van der Waals surface area contributed by atoms with Gasteiger partial charge >= 0.3 is 0 Å². The number of benzene rings is 2. The van der Waals surface area contributed by atoms with Crippen molar-refractivity contribution in [2.75, 3.05) is 5.75 Å². The third kappa shape index (κ3) is 5.10. The Morgan fingerprint density at radius 1 is 1.10 bits per heavy atom. The third-order valence-corrected chi connectivity index (χ3v) is 4.54. The van der Waals surface area contributed by atoms with E-state index in [1.54, 1.807) is 11.8 Å². The average molecular weight is 320 g/mol. The summed E-state index contributed by atoms with van der Waals surface area (Å²) in [5.41, 5.74) is 3.42. The highest BCUT2D eigenvalue weighted by molar-refractivity contribution is 7.99. The number of aryl methyl sites for hydroxylation is 1. The second kappa shape index (κ2) is 8.11. The van der Waals surface area contributed by atoms with Crippen LogP contribution in [-0.4, -0.2) is 11.7 Å². The number of amides is 1. The van der Waals surface area contributed by atoms with Gasteiger partial charge in [0.25, 0.3) is 0 Å². The van der Waals surface area contributed by atoms with E-state index >= 15 is 0 Å². The van der Waals surface area contributed by atoms with Gasteiger partial charge in [0.1, 0.15) is 0 Å². The largest absolute Gasteiger partial charge is 0.351 e. The van der Waals surface area contributed by atoms with Crippen LogP contribution in [0.3, 0.4) is 0 Å². The van der Waals surface area contributed by atoms with Crippen molar-refractivity contribution in [2.45, 2.75) is 19.2 Å². The quantitative estimate of drug-likeness (QED) is 0.864. The summed E-state index contributed by atoms with van der Waals surface area (Å²) in [7, 11) is 0. The highest BCUT2D eigenvalue weighted by atomic mass is 35.5. The molecule has 0 aromatic heterocycles. The molecule has 0 unspecified atom stereocenters. The summed E-state index contributed by atoms with van der Waals surface area (Å²) in [5.74, 6) is 1.24. The van der Waals surface area contributed by atoms with Crippen molar-refractivity contribution in [2.24, 2.45) is 0 Å². The number of thioether (sulfide) groups is 1. The maximum atomic E-state index is 11.8. The van der Waals surface area contributed by atoms with Crippen LogP contribution in [0, 0.1) is 6.92 Å². The van der Waals surface area contributed by atoms with E-state index in [1.807, 2.05) is 55.5 Å². The molecule has 2 rings (SSSR count). The summed E-state index contributed by atoms with van der Waals surface area (Å²) < 4.78 is 0. The lowest BCUT2D eigenvalue weighted by Crippen LogP contribution is -2.25. The van der Waals surface area contributed by atoms with Crippen LogP contribution < -0.4 is 5.32 Å². The minimum absolute atomic E-state index is 0.0512. The van der Waals surface area contributed by atoms with Crippen LogP contribution in [0.5, 0.6) is 0 Å². The molecule has 0 heterocycles. The van der Waals surface area contributed by atoms with Crippen LogP contribution in [0.4, 0.5) is 0 Å². The zero-order valence-electron chi connectivity index (χ0n) is 11.9. The van der Waals surface area contributed by atoms with Crippen molar-refractivity contribution in [3.8, 4) is 0 Å². The molecule has 0 fully saturated rings. The molecular weight excluding hydrogens is 302 g/mol. The van der Waals surface area contributed by atoms with Gasteiger partial charge in [0.15, 0.2) is 0 Å². The molecule has 0 aliphatic carbocycles. The van der Waals surface area contributed by atoms with E-state index in [9.17, 15) is 4.79 Å². The molecule has 0 aliphatic rings. The molecule has 0 radical (unpaired) electrons. The molecule has 0 bridgehead atoms. The van der Waals surface area contributed by atoms with Gasteiger partial charge in [-0.3, -0.25) is 4.79 Å². The molecule has 110 valence electrons. The van der Waals surface area contributed by atoms with E-state index in [0.29, 0.717) is 12.3 Å². The summed E-state index contributed by atoms with van der Waals surface area (Å²) in [4.78, 5) is 11.8. The number of carbonyl (C=O) groups excluding carboxylic acids is 1. The lowest BCUT2D eigenvalue weighted by atomic mass is 10.1. The first kappa shape index (κ1) is 15.9. The van der Waals surface area contributed by atoms with Gasteiger partial charge in [0.2, 0.25) is 5.91 Å². The Morgan fingerprint density at radius 2 is 1.76 bits per heavy atom. The average Bonchev–Trinajstić information content (AvgIpc) is 2.48. The molecule has 0 aliphatic heterocycles. The molecule has 1 amide bonds. The number of carbonyl (C=O) groups is 1. The summed E-state index contributed by atoms with van der Waals surface area (Å²) >= 11 is 7.66. The molecule has 1 N–H and O–H groups in total. The van der Waals surface area contributed by atoms with Crippen LogP contribution in [-0.2, 0) is 17.1 Å². The molecule has 2 aromatic rings. The Kier molecular flexibility index (Phi) is 6.15. The zero-order valence-corrected chi connectivity index (χ0v) is 13.5. The maximum Gasteiger partial charge on any atom is 0.230 e. The van der Waals surface area contributed by atoms with E-state index < -0.39 is 0 Å². The number of halogens is 1. The number of rotatable bonds is 6. The minimum Gasteiger partial charge on any atom is -0.351 e. The number of hydrogen-bond donors (Lipinski definition) is 1. The van der Waals surface area contributed by atoms with Crippen LogP contribution >= 0.6 is 23.4 Å². The lowest BCUT2D eigenvalue weighted by molar-refractivity contribution is -0.118. The molecule has 0 atom stereocenters. The Hall–Kier alpha value is -1.45. The maximum absolute atomic E-state index is 11.8. The van der Waals surface area contributed by atoms with E-state index in [2.05, 4.69) is 5.32 Å². The predicted octanol–water partition coefficient (Wildman–Crippen LogP) is 4.20. The summed E-state index contributed by atoms with van der Waals surface area (Å²) in [6.07, 6.45) is 0. The van der Waals surface area contributed by atoms with Crippen LogP contribution in [0.25, 0.3) is 0 Å². The standard InChI is InChI=1S/C17H18ClNOS/c1-13-6-2-3-7-14(13)10-19-17(20)12-21-11-15-8-4-5-9-16(15)18/h2-9H,10-12H2,1H3,(H,19,20). The molecule has 0 saturated carbocycles. The predicted molar refractivity (Wildman–Crippen MR) is 90.6 cm³/mol. The smallest absolute Gasteiger partial charge is 0.230 e. The van der Waals surface area contributed by atoms with Crippen molar-refractivity contribution < 1.29 is 4.79 Å². The molecule has 21 heavy (non-hydrogen) atoms. The Labute approximate surface area is 134 Å². The number of hydrogen-bond acceptors (Lipinski definition) is 2. The molecule has 2 aromatic carbocycles. The van der Waals surface area contributed by atoms with Crippen molar-refractivity contribution in [3.63, 3.8) is 0 Å². The molecule has 4 heteroatoms. The normalized spacial score (nSPS) is 10.4. The fraction of sp³-hybridized carbons (Fsp3) is 0.235. The fourth-order valence-corrected chi connectivity index (χ4v) is 3.07. The molecule has 2 nitrogen and oxygen atoms in total. The topological polar surface area (TPSA) is 29.1 Å². The Bertz CT molecular complexity index is 615. The van der Waals surface area contributed by atoms with Crippen LogP contribution in [0.15, 0.2) is 48.5 Å². The fourth-order valence-electron chi connectivity index (χ4n) is 1.92. The second-order valence-electron chi connectivity index (χ2n) is 4.79. The van der Waals surface area contributed by atoms with Gasteiger partial charge in [-0.25, -0.2) is 0 Å². The monoisotopic (exact) mass is 319 g/mol. The van der Waals surface area contributed by atoms with Gasteiger partial charge in [-0.2, -0.15) is 0 Å². The zero-order chi connectivity index (χ0) is 15.1. The lowest BCUT2D eigenvalue weighted by Gasteiger charge is -2.08. The van der Waals surface area contributed by atoms with Crippen molar-refractivity contribution in [1.82, 2.24) is 5.32 Å². The van der Waals surface area contributed by atoms with E-state index in [1.165, 1.54) is 5.56 Å². The van der Waals surface area contributed by atoms with E-state index in [0.717, 1.165) is 21.9 Å². The highest BCUT2D eigenvalue weighted by Gasteiger charge is 2.05. The van der Waals surface area contributed by atoms with Crippen molar-refractivity contribution in [1.29, 1.82) is 0 Å². The first-order valence-corrected chi connectivity index (χ1v) is 8.32. The van der Waals surface area contributed by atoms with Gasteiger partial charge in [0, 0.05) is 17.3 Å². The number of nitrogens with one attached hydrogen (secondary N) is 1.